The molecule has 104 valence electrons. The van der Waals surface area contributed by atoms with Gasteiger partial charge in [0.25, 0.3) is 5.91 Å². The highest BCUT2D eigenvalue weighted by Gasteiger charge is 2.38. The standard InChI is InChI=1S/C16H23NO2/c1-15(2,3)17(16(4,5)6)14(19)13(18)12-10-8-7-9-11-12/h7-11H,1-6H3. The number of hydrogen-bond acceptors (Lipinski definition) is 2. The zero-order chi connectivity index (χ0) is 14.8. The van der Waals surface area contributed by atoms with E-state index < -0.39 is 22.8 Å². The third kappa shape index (κ3) is 3.66. The summed E-state index contributed by atoms with van der Waals surface area (Å²) >= 11 is 0. The third-order valence-corrected chi connectivity index (χ3v) is 2.77. The van der Waals surface area contributed by atoms with E-state index in [1.165, 1.54) is 0 Å². The van der Waals surface area contributed by atoms with Gasteiger partial charge in [-0.2, -0.15) is 0 Å². The first-order valence-electron chi connectivity index (χ1n) is 6.49. The third-order valence-electron chi connectivity index (χ3n) is 2.77. The molecule has 0 N–H and O–H groups in total. The number of ketones is 1. The molecule has 0 bridgehead atoms. The number of hydrogen-bond donors (Lipinski definition) is 0. The topological polar surface area (TPSA) is 37.4 Å². The van der Waals surface area contributed by atoms with Crippen LogP contribution in [0.5, 0.6) is 0 Å². The van der Waals surface area contributed by atoms with Crippen LogP contribution >= 0.6 is 0 Å². The molecule has 0 radical (unpaired) electrons. The first-order valence-corrected chi connectivity index (χ1v) is 6.49. The molecular weight excluding hydrogens is 238 g/mol. The first kappa shape index (κ1) is 15.4. The van der Waals surface area contributed by atoms with E-state index in [4.69, 9.17) is 0 Å². The fourth-order valence-electron chi connectivity index (χ4n) is 2.43. The van der Waals surface area contributed by atoms with Gasteiger partial charge < -0.3 is 4.90 Å². The number of amides is 1. The Hall–Kier alpha value is -1.64. The summed E-state index contributed by atoms with van der Waals surface area (Å²) in [5.41, 5.74) is -0.370. The molecule has 0 aliphatic heterocycles. The van der Waals surface area contributed by atoms with E-state index in [2.05, 4.69) is 0 Å². The van der Waals surface area contributed by atoms with Crippen LogP contribution in [0.15, 0.2) is 30.3 Å². The maximum atomic E-state index is 12.5. The van der Waals surface area contributed by atoms with Crippen LogP contribution in [0.1, 0.15) is 51.9 Å². The molecule has 0 aromatic heterocycles. The van der Waals surface area contributed by atoms with Crippen molar-refractivity contribution in [1.82, 2.24) is 4.90 Å². The summed E-state index contributed by atoms with van der Waals surface area (Å²) in [5, 5.41) is 0. The summed E-state index contributed by atoms with van der Waals surface area (Å²) in [4.78, 5) is 26.4. The second kappa shape index (κ2) is 5.16. The summed E-state index contributed by atoms with van der Waals surface area (Å²) in [7, 11) is 0. The van der Waals surface area contributed by atoms with Crippen LogP contribution in [0.4, 0.5) is 0 Å². The van der Waals surface area contributed by atoms with Crippen molar-refractivity contribution in [3.63, 3.8) is 0 Å². The Morgan fingerprint density at radius 3 is 1.63 bits per heavy atom. The van der Waals surface area contributed by atoms with Gasteiger partial charge in [-0.1, -0.05) is 30.3 Å². The summed E-state index contributed by atoms with van der Waals surface area (Å²) in [6, 6.07) is 8.69. The van der Waals surface area contributed by atoms with E-state index in [0.717, 1.165) is 0 Å². The number of carbonyl (C=O) groups excluding carboxylic acids is 2. The predicted molar refractivity (Wildman–Crippen MR) is 77.1 cm³/mol. The Labute approximate surface area is 115 Å². The van der Waals surface area contributed by atoms with Crippen molar-refractivity contribution < 1.29 is 9.59 Å². The van der Waals surface area contributed by atoms with Crippen molar-refractivity contribution in [2.45, 2.75) is 52.6 Å². The number of carbonyl (C=O) groups is 2. The summed E-state index contributed by atoms with van der Waals surface area (Å²) in [6.07, 6.45) is 0. The highest BCUT2D eigenvalue weighted by molar-refractivity contribution is 6.43. The minimum atomic E-state index is -0.453. The molecule has 0 saturated carbocycles. The van der Waals surface area contributed by atoms with E-state index in [1.54, 1.807) is 29.2 Å². The van der Waals surface area contributed by atoms with Crippen molar-refractivity contribution in [2.75, 3.05) is 0 Å². The van der Waals surface area contributed by atoms with Crippen LogP contribution in [0.25, 0.3) is 0 Å². The smallest absolute Gasteiger partial charge is 0.295 e. The molecule has 1 aromatic rings. The first-order chi connectivity index (χ1) is 8.55. The monoisotopic (exact) mass is 261 g/mol. The molecule has 0 atom stereocenters. The van der Waals surface area contributed by atoms with Crippen molar-refractivity contribution in [2.24, 2.45) is 0 Å². The summed E-state index contributed by atoms with van der Waals surface area (Å²) in [6.45, 7) is 11.6. The highest BCUT2D eigenvalue weighted by atomic mass is 16.2. The quantitative estimate of drug-likeness (QED) is 0.605. The van der Waals surface area contributed by atoms with E-state index in [9.17, 15) is 9.59 Å². The second-order valence-electron chi connectivity index (χ2n) is 6.68. The lowest BCUT2D eigenvalue weighted by Gasteiger charge is -2.45. The van der Waals surface area contributed by atoms with E-state index in [1.807, 2.05) is 47.6 Å². The number of rotatable bonds is 2. The molecule has 3 nitrogen and oxygen atoms in total. The number of Topliss-reactive ketones (excluding diaryl/α,β-unsaturated/α-hetero) is 1. The normalized spacial score (nSPS) is 12.1. The Balaban J connectivity index is 3.13. The van der Waals surface area contributed by atoms with Crippen molar-refractivity contribution >= 4 is 11.7 Å². The zero-order valence-electron chi connectivity index (χ0n) is 12.7. The van der Waals surface area contributed by atoms with Gasteiger partial charge in [-0.25, -0.2) is 0 Å². The van der Waals surface area contributed by atoms with Gasteiger partial charge in [-0.15, -0.1) is 0 Å². The van der Waals surface area contributed by atoms with Gasteiger partial charge in [-0.05, 0) is 41.5 Å². The van der Waals surface area contributed by atoms with E-state index in [0.29, 0.717) is 5.56 Å². The van der Waals surface area contributed by atoms with E-state index >= 15 is 0 Å². The molecule has 0 fully saturated rings. The van der Waals surface area contributed by atoms with Crippen LogP contribution in [0.2, 0.25) is 0 Å². The average Bonchev–Trinajstić information content (AvgIpc) is 2.25. The molecular formula is C16H23NO2. The minimum absolute atomic E-state index is 0.403. The zero-order valence-corrected chi connectivity index (χ0v) is 12.7. The maximum Gasteiger partial charge on any atom is 0.295 e. The molecule has 1 rings (SSSR count). The molecule has 3 heteroatoms. The predicted octanol–water partition coefficient (Wildman–Crippen LogP) is 3.29. The molecule has 1 amide bonds. The number of benzene rings is 1. The summed E-state index contributed by atoms with van der Waals surface area (Å²) < 4.78 is 0. The Morgan fingerprint density at radius 2 is 1.26 bits per heavy atom. The summed E-state index contributed by atoms with van der Waals surface area (Å²) in [5.74, 6) is -0.906. The second-order valence-corrected chi connectivity index (χ2v) is 6.68. The fraction of sp³-hybridized carbons (Fsp3) is 0.500. The molecule has 1 aromatic carbocycles. The minimum Gasteiger partial charge on any atom is -0.326 e. The van der Waals surface area contributed by atoms with Gasteiger partial charge in [0, 0.05) is 16.6 Å². The lowest BCUT2D eigenvalue weighted by molar-refractivity contribution is -0.137. The lowest BCUT2D eigenvalue weighted by Crippen LogP contribution is -2.57. The van der Waals surface area contributed by atoms with Crippen molar-refractivity contribution in [3.8, 4) is 0 Å². The van der Waals surface area contributed by atoms with Crippen molar-refractivity contribution in [1.29, 1.82) is 0 Å². The van der Waals surface area contributed by atoms with Gasteiger partial charge in [-0.3, -0.25) is 9.59 Å². The van der Waals surface area contributed by atoms with Gasteiger partial charge in [0.15, 0.2) is 0 Å². The van der Waals surface area contributed by atoms with Crippen LogP contribution in [-0.4, -0.2) is 27.7 Å². The SMILES string of the molecule is CC(C)(C)N(C(=O)C(=O)c1ccccc1)C(C)(C)C. The van der Waals surface area contributed by atoms with Gasteiger partial charge in [0.2, 0.25) is 5.78 Å². The van der Waals surface area contributed by atoms with Crippen LogP contribution in [0.3, 0.4) is 0 Å². The average molecular weight is 261 g/mol. The molecule has 0 heterocycles. The van der Waals surface area contributed by atoms with Gasteiger partial charge in [0.1, 0.15) is 0 Å². The van der Waals surface area contributed by atoms with Crippen LogP contribution in [-0.2, 0) is 4.79 Å². The van der Waals surface area contributed by atoms with Gasteiger partial charge >= 0.3 is 0 Å². The molecule has 0 unspecified atom stereocenters. The Kier molecular flexibility index (Phi) is 4.18. The fourth-order valence-corrected chi connectivity index (χ4v) is 2.43. The maximum absolute atomic E-state index is 12.5. The Morgan fingerprint density at radius 1 is 0.842 bits per heavy atom. The highest BCUT2D eigenvalue weighted by Crippen LogP contribution is 2.25. The molecule has 0 aliphatic rings. The number of nitrogens with zero attached hydrogens (tertiary/aromatic N) is 1. The molecule has 0 spiro atoms. The van der Waals surface area contributed by atoms with Crippen molar-refractivity contribution in [3.05, 3.63) is 35.9 Å². The lowest BCUT2D eigenvalue weighted by atomic mass is 9.94. The van der Waals surface area contributed by atoms with Crippen LogP contribution < -0.4 is 0 Å². The largest absolute Gasteiger partial charge is 0.326 e. The molecule has 19 heavy (non-hydrogen) atoms. The van der Waals surface area contributed by atoms with Gasteiger partial charge in [0.05, 0.1) is 0 Å². The Bertz CT molecular complexity index is 450. The molecule has 0 aliphatic carbocycles. The van der Waals surface area contributed by atoms with Crippen LogP contribution in [0, 0.1) is 0 Å². The molecule has 0 saturated heterocycles. The van der Waals surface area contributed by atoms with E-state index in [-0.39, 0.29) is 0 Å².